The minimum Gasteiger partial charge on any atom is -0.258 e. The maximum absolute atomic E-state index is 13.4. The smallest absolute Gasteiger partial charge is 0.258 e. The number of nitro benzene ring substituents is 1. The number of sulfonamides is 2. The minimum atomic E-state index is -4.05. The van der Waals surface area contributed by atoms with E-state index in [0.29, 0.717) is 15.7 Å². The van der Waals surface area contributed by atoms with Crippen LogP contribution in [0, 0.1) is 10.1 Å². The van der Waals surface area contributed by atoms with Gasteiger partial charge in [-0.2, -0.15) is 13.8 Å². The highest BCUT2D eigenvalue weighted by Crippen LogP contribution is 2.50. The van der Waals surface area contributed by atoms with Crippen LogP contribution in [-0.2, 0) is 20.0 Å². The third-order valence-corrected chi connectivity index (χ3v) is 9.31. The quantitative estimate of drug-likeness (QED) is 0.217. The predicted molar refractivity (Wildman–Crippen MR) is 123 cm³/mol. The Labute approximate surface area is 194 Å². The number of hydrogen-bond acceptors (Lipinski definition) is 7. The third-order valence-electron chi connectivity index (χ3n) is 5.10. The summed E-state index contributed by atoms with van der Waals surface area (Å²) in [4.78, 5) is 10.2. The molecule has 0 aromatic heterocycles. The van der Waals surface area contributed by atoms with Crippen LogP contribution in [0.2, 0.25) is 0 Å². The van der Waals surface area contributed by atoms with Crippen LogP contribution in [0.3, 0.4) is 0 Å². The van der Waals surface area contributed by atoms with Gasteiger partial charge in [-0.1, -0.05) is 34.1 Å². The van der Waals surface area contributed by atoms with Gasteiger partial charge in [0, 0.05) is 23.7 Å². The number of non-ortho nitro benzene ring substituents is 1. The van der Waals surface area contributed by atoms with Crippen molar-refractivity contribution in [3.63, 3.8) is 0 Å². The topological polar surface area (TPSA) is 130 Å². The highest BCUT2D eigenvalue weighted by atomic mass is 79.9. The van der Waals surface area contributed by atoms with Gasteiger partial charge < -0.3 is 0 Å². The van der Waals surface area contributed by atoms with Crippen molar-refractivity contribution in [2.45, 2.75) is 30.8 Å². The van der Waals surface area contributed by atoms with E-state index >= 15 is 0 Å². The van der Waals surface area contributed by atoms with E-state index in [9.17, 15) is 26.9 Å². The van der Waals surface area contributed by atoms with Gasteiger partial charge in [-0.3, -0.25) is 10.1 Å². The molecule has 1 aliphatic rings. The molecule has 2 aromatic rings. The molecule has 13 heteroatoms. The van der Waals surface area contributed by atoms with Crippen molar-refractivity contribution >= 4 is 47.4 Å². The lowest BCUT2D eigenvalue weighted by Crippen LogP contribution is -2.26. The van der Waals surface area contributed by atoms with Gasteiger partial charge in [0.15, 0.2) is 0 Å². The van der Waals surface area contributed by atoms with Crippen LogP contribution in [0.15, 0.2) is 63.0 Å². The van der Waals surface area contributed by atoms with Crippen LogP contribution in [0.1, 0.15) is 25.5 Å². The number of hydrogen-bond donors (Lipinski definition) is 0. The van der Waals surface area contributed by atoms with Crippen molar-refractivity contribution in [2.75, 3.05) is 12.8 Å². The molecular weight excluding hydrogens is 524 g/mol. The molecule has 1 unspecified atom stereocenters. The van der Waals surface area contributed by atoms with Crippen molar-refractivity contribution in [3.8, 4) is 0 Å². The molecular formula is C19H21BrN4O6S2. The van der Waals surface area contributed by atoms with E-state index < -0.39 is 37.1 Å². The number of nitrogens with zero attached hydrogens (tertiary/aromatic N) is 4. The van der Waals surface area contributed by atoms with Crippen LogP contribution in [0.25, 0.3) is 0 Å². The zero-order valence-electron chi connectivity index (χ0n) is 17.4. The van der Waals surface area contributed by atoms with Crippen LogP contribution in [0.4, 0.5) is 5.69 Å². The monoisotopic (exact) mass is 544 g/mol. The van der Waals surface area contributed by atoms with E-state index in [4.69, 9.17) is 0 Å². The first-order chi connectivity index (χ1) is 14.9. The standard InChI is InChI=1S/C19H21BrN4O6S2/c1-4-31(27,28)22(3)21-13(2)18-19(16-7-5-6-8-17(16)20)23(18)32(29,30)15-11-9-14(10-12-15)24(25)26/h5-12,18-19H,4H2,1-3H3/b21-13+/t18-,19-,23?/m1/s1. The second-order valence-corrected chi connectivity index (χ2v) is 12.0. The van der Waals surface area contributed by atoms with Gasteiger partial charge >= 0.3 is 0 Å². The molecule has 2 aromatic carbocycles. The van der Waals surface area contributed by atoms with Crippen molar-refractivity contribution < 1.29 is 21.8 Å². The van der Waals surface area contributed by atoms with E-state index in [-0.39, 0.29) is 16.3 Å². The van der Waals surface area contributed by atoms with Crippen LogP contribution >= 0.6 is 15.9 Å². The SMILES string of the molecule is CCS(=O)(=O)N(C)/N=C(\C)[C@@H]1[C@@H](c2ccccc2Br)N1S(=O)(=O)c1ccc([N+](=O)[O-])cc1. The Hall–Kier alpha value is -2.35. The minimum absolute atomic E-state index is 0.106. The Kier molecular flexibility index (Phi) is 6.75. The first-order valence-electron chi connectivity index (χ1n) is 9.46. The van der Waals surface area contributed by atoms with E-state index in [1.165, 1.54) is 30.4 Å². The number of nitro groups is 1. The lowest BCUT2D eigenvalue weighted by molar-refractivity contribution is -0.384. The predicted octanol–water partition coefficient (Wildman–Crippen LogP) is 3.13. The average molecular weight is 545 g/mol. The summed E-state index contributed by atoms with van der Waals surface area (Å²) in [6, 6.07) is 10.4. The molecule has 0 aliphatic carbocycles. The van der Waals surface area contributed by atoms with E-state index in [1.807, 2.05) is 0 Å². The Balaban J connectivity index is 2.05. The molecule has 0 radical (unpaired) electrons. The molecule has 32 heavy (non-hydrogen) atoms. The average Bonchev–Trinajstić information content (AvgIpc) is 3.50. The molecule has 0 spiro atoms. The Morgan fingerprint density at radius 2 is 1.75 bits per heavy atom. The van der Waals surface area contributed by atoms with Gasteiger partial charge in [0.2, 0.25) is 20.0 Å². The number of rotatable bonds is 8. The van der Waals surface area contributed by atoms with E-state index in [0.717, 1.165) is 16.5 Å². The Bertz CT molecular complexity index is 1280. The first-order valence-corrected chi connectivity index (χ1v) is 13.3. The Morgan fingerprint density at radius 1 is 1.16 bits per heavy atom. The van der Waals surface area contributed by atoms with Gasteiger partial charge in [0.05, 0.1) is 33.4 Å². The van der Waals surface area contributed by atoms with Crippen LogP contribution in [-0.4, -0.2) is 55.0 Å². The van der Waals surface area contributed by atoms with Gasteiger partial charge in [0.25, 0.3) is 5.69 Å². The highest BCUT2D eigenvalue weighted by Gasteiger charge is 2.58. The lowest BCUT2D eigenvalue weighted by atomic mass is 10.1. The number of halogens is 1. The largest absolute Gasteiger partial charge is 0.269 e. The van der Waals surface area contributed by atoms with Gasteiger partial charge in [0.1, 0.15) is 0 Å². The summed E-state index contributed by atoms with van der Waals surface area (Å²) >= 11 is 3.44. The fourth-order valence-corrected chi connectivity index (χ4v) is 6.25. The molecule has 1 saturated heterocycles. The van der Waals surface area contributed by atoms with Crippen LogP contribution < -0.4 is 0 Å². The molecule has 0 N–H and O–H groups in total. The summed E-state index contributed by atoms with van der Waals surface area (Å²) in [5.74, 6) is -0.149. The van der Waals surface area contributed by atoms with Crippen molar-refractivity contribution in [1.29, 1.82) is 0 Å². The molecule has 1 heterocycles. The fourth-order valence-electron chi connectivity index (χ4n) is 3.34. The molecule has 0 amide bonds. The van der Waals surface area contributed by atoms with Crippen molar-refractivity contribution in [2.24, 2.45) is 5.10 Å². The first kappa shape index (κ1) is 24.3. The van der Waals surface area contributed by atoms with Gasteiger partial charge in [-0.15, -0.1) is 0 Å². The normalized spacial score (nSPS) is 21.2. The fraction of sp³-hybridized carbons (Fsp3) is 0.316. The zero-order valence-corrected chi connectivity index (χ0v) is 20.6. The third kappa shape index (κ3) is 4.56. The summed E-state index contributed by atoms with van der Waals surface area (Å²) in [6.07, 6.45) is 0. The van der Waals surface area contributed by atoms with Gasteiger partial charge in [-0.25, -0.2) is 16.8 Å². The van der Waals surface area contributed by atoms with Gasteiger partial charge in [-0.05, 0) is 37.6 Å². The molecule has 0 bridgehead atoms. The molecule has 3 rings (SSSR count). The summed E-state index contributed by atoms with van der Waals surface area (Å²) in [5, 5.41) is 15.0. The number of benzene rings is 2. The van der Waals surface area contributed by atoms with E-state index in [1.54, 1.807) is 31.2 Å². The molecule has 10 nitrogen and oxygen atoms in total. The second kappa shape index (κ2) is 8.89. The molecule has 3 atom stereocenters. The van der Waals surface area contributed by atoms with E-state index in [2.05, 4.69) is 21.0 Å². The highest BCUT2D eigenvalue weighted by molar-refractivity contribution is 9.10. The molecule has 1 aliphatic heterocycles. The second-order valence-electron chi connectivity index (χ2n) is 7.07. The number of hydrazone groups is 1. The van der Waals surface area contributed by atoms with Crippen molar-refractivity contribution in [1.82, 2.24) is 8.72 Å². The lowest BCUT2D eigenvalue weighted by Gasteiger charge is -2.13. The molecule has 172 valence electrons. The summed E-state index contributed by atoms with van der Waals surface area (Å²) in [6.45, 7) is 3.06. The maximum Gasteiger partial charge on any atom is 0.269 e. The zero-order chi connectivity index (χ0) is 23.8. The Morgan fingerprint density at radius 3 is 2.28 bits per heavy atom. The summed E-state index contributed by atoms with van der Waals surface area (Å²) in [7, 11) is -6.36. The van der Waals surface area contributed by atoms with Crippen molar-refractivity contribution in [3.05, 3.63) is 68.7 Å². The van der Waals surface area contributed by atoms with Crippen LogP contribution in [0.5, 0.6) is 0 Å². The maximum atomic E-state index is 13.4. The summed E-state index contributed by atoms with van der Waals surface area (Å²) < 4.78 is 53.7. The molecule has 1 fully saturated rings. The molecule has 0 saturated carbocycles. The summed E-state index contributed by atoms with van der Waals surface area (Å²) in [5.41, 5.74) is 0.770.